The lowest BCUT2D eigenvalue weighted by Crippen LogP contribution is -2.38. The Bertz CT molecular complexity index is 944. The van der Waals surface area contributed by atoms with Crippen LogP contribution in [0.4, 0.5) is 5.69 Å². The first kappa shape index (κ1) is 18.3. The van der Waals surface area contributed by atoms with Gasteiger partial charge >= 0.3 is 0 Å². The smallest absolute Gasteiger partial charge is 0.262 e. The summed E-state index contributed by atoms with van der Waals surface area (Å²) in [6, 6.07) is 5.32. The number of likely N-dealkylation sites (tertiary alicyclic amines) is 1. The average molecular weight is 396 g/mol. The van der Waals surface area contributed by atoms with Gasteiger partial charge in [0.25, 0.3) is 5.91 Å². The van der Waals surface area contributed by atoms with Crippen molar-refractivity contribution < 1.29 is 18.8 Å². The number of carbonyl (C=O) groups is 2. The molecule has 1 saturated carbocycles. The van der Waals surface area contributed by atoms with E-state index in [1.807, 2.05) is 0 Å². The number of benzene rings is 1. The summed E-state index contributed by atoms with van der Waals surface area (Å²) in [5.74, 6) is 2.48. The maximum absolute atomic E-state index is 13.0. The molecule has 5 rings (SSSR count). The molecular formula is C21H24N4O4. The molecule has 3 aliphatic rings. The van der Waals surface area contributed by atoms with Gasteiger partial charge in [0, 0.05) is 17.4 Å². The number of ketones is 1. The highest BCUT2D eigenvalue weighted by Gasteiger charge is 2.33. The number of aromatic nitrogens is 2. The highest BCUT2D eigenvalue weighted by molar-refractivity contribution is 6.01. The predicted molar refractivity (Wildman–Crippen MR) is 104 cm³/mol. The van der Waals surface area contributed by atoms with Crippen LogP contribution < -0.4 is 10.1 Å². The molecule has 1 atom stereocenters. The predicted octanol–water partition coefficient (Wildman–Crippen LogP) is 2.93. The summed E-state index contributed by atoms with van der Waals surface area (Å²) in [5, 5.41) is 6.88. The van der Waals surface area contributed by atoms with Gasteiger partial charge in [0.2, 0.25) is 5.89 Å². The van der Waals surface area contributed by atoms with E-state index in [-0.39, 0.29) is 30.3 Å². The van der Waals surface area contributed by atoms with Crippen molar-refractivity contribution in [3.63, 3.8) is 0 Å². The van der Waals surface area contributed by atoms with E-state index in [0.29, 0.717) is 28.8 Å². The van der Waals surface area contributed by atoms with E-state index in [1.54, 1.807) is 18.2 Å². The minimum Gasteiger partial charge on any atom is -0.482 e. The Labute approximate surface area is 168 Å². The number of piperidine rings is 1. The minimum atomic E-state index is -0.199. The highest BCUT2D eigenvalue weighted by atomic mass is 16.5. The molecule has 0 unspecified atom stereocenters. The third-order valence-corrected chi connectivity index (χ3v) is 6.10. The number of hydrogen-bond acceptors (Lipinski definition) is 7. The summed E-state index contributed by atoms with van der Waals surface area (Å²) in [5.41, 5.74) is 1.19. The van der Waals surface area contributed by atoms with Gasteiger partial charge in [0.15, 0.2) is 18.2 Å². The number of carbonyl (C=O) groups excluding carboxylic acids is 2. The average Bonchev–Trinajstić information content (AvgIpc) is 3.49. The van der Waals surface area contributed by atoms with E-state index in [1.165, 1.54) is 0 Å². The maximum atomic E-state index is 13.0. The van der Waals surface area contributed by atoms with E-state index < -0.39 is 0 Å². The molecule has 8 nitrogen and oxygen atoms in total. The lowest BCUT2D eigenvalue weighted by molar-refractivity contribution is -0.118. The summed E-state index contributed by atoms with van der Waals surface area (Å²) in [6.45, 7) is 3.71. The van der Waals surface area contributed by atoms with Crippen molar-refractivity contribution in [3.8, 4) is 5.75 Å². The number of anilines is 1. The van der Waals surface area contributed by atoms with Crippen LogP contribution in [0.1, 0.15) is 66.6 Å². The van der Waals surface area contributed by atoms with Crippen LogP contribution in [0.5, 0.6) is 5.75 Å². The molecule has 3 heterocycles. The van der Waals surface area contributed by atoms with Crippen LogP contribution in [0.2, 0.25) is 0 Å². The van der Waals surface area contributed by atoms with Crippen molar-refractivity contribution in [2.75, 3.05) is 25.0 Å². The Hall–Kier alpha value is -2.74. The van der Waals surface area contributed by atoms with Gasteiger partial charge in [-0.05, 0) is 63.9 Å². The fourth-order valence-electron chi connectivity index (χ4n) is 4.10. The van der Waals surface area contributed by atoms with Gasteiger partial charge in [-0.3, -0.25) is 14.5 Å². The number of nitrogens with zero attached hydrogens (tertiary/aromatic N) is 3. The second-order valence-electron chi connectivity index (χ2n) is 8.16. The molecule has 1 aromatic heterocycles. The maximum Gasteiger partial charge on any atom is 0.262 e. The third-order valence-electron chi connectivity index (χ3n) is 6.10. The first-order valence-corrected chi connectivity index (χ1v) is 10.3. The number of amides is 1. The molecule has 1 aliphatic carbocycles. The van der Waals surface area contributed by atoms with Gasteiger partial charge in [-0.15, -0.1) is 0 Å². The molecule has 1 saturated heterocycles. The fraction of sp³-hybridized carbons (Fsp3) is 0.524. The van der Waals surface area contributed by atoms with Crippen LogP contribution >= 0.6 is 0 Å². The lowest BCUT2D eigenvalue weighted by atomic mass is 9.88. The van der Waals surface area contributed by atoms with Gasteiger partial charge in [0.05, 0.1) is 11.7 Å². The van der Waals surface area contributed by atoms with Crippen LogP contribution in [-0.4, -0.2) is 46.4 Å². The molecular weight excluding hydrogens is 372 g/mol. The SMILES string of the molecule is C[C@H](c1nc(C2CC2)no1)N1CCC(C(=O)c2ccc3c(c2)NC(=O)CO3)CC1. The summed E-state index contributed by atoms with van der Waals surface area (Å²) < 4.78 is 10.8. The van der Waals surface area contributed by atoms with Crippen LogP contribution in [0.3, 0.4) is 0 Å². The summed E-state index contributed by atoms with van der Waals surface area (Å²) in [4.78, 5) is 31.4. The standard InChI is InChI=1S/C21H24N4O4/c1-12(21-23-20(24-29-21)14-2-3-14)25-8-6-13(7-9-25)19(27)15-4-5-17-16(10-15)22-18(26)11-28-17/h4-5,10,12-14H,2-3,6-9,11H2,1H3,(H,22,26)/t12-/m1/s1. The Morgan fingerprint density at radius 1 is 1.24 bits per heavy atom. The van der Waals surface area contributed by atoms with Gasteiger partial charge in [-0.25, -0.2) is 0 Å². The molecule has 1 N–H and O–H groups in total. The topological polar surface area (TPSA) is 97.6 Å². The van der Waals surface area contributed by atoms with Crippen molar-refractivity contribution >= 4 is 17.4 Å². The van der Waals surface area contributed by atoms with Crippen molar-refractivity contribution in [2.24, 2.45) is 5.92 Å². The molecule has 1 amide bonds. The molecule has 1 aromatic carbocycles. The lowest BCUT2D eigenvalue weighted by Gasteiger charge is -2.34. The number of fused-ring (bicyclic) bond motifs is 1. The van der Waals surface area contributed by atoms with Crippen LogP contribution in [0.15, 0.2) is 22.7 Å². The van der Waals surface area contributed by atoms with Crippen molar-refractivity contribution in [1.82, 2.24) is 15.0 Å². The molecule has 2 aliphatic heterocycles. The molecule has 2 aromatic rings. The third kappa shape index (κ3) is 3.64. The van der Waals surface area contributed by atoms with Crippen LogP contribution in [0.25, 0.3) is 0 Å². The molecule has 0 spiro atoms. The monoisotopic (exact) mass is 396 g/mol. The number of rotatable bonds is 5. The first-order chi connectivity index (χ1) is 14.1. The Kier molecular flexibility index (Phi) is 4.58. The molecule has 2 fully saturated rings. The Morgan fingerprint density at radius 3 is 2.79 bits per heavy atom. The zero-order valence-corrected chi connectivity index (χ0v) is 16.4. The number of nitrogens with one attached hydrogen (secondary N) is 1. The zero-order chi connectivity index (χ0) is 20.0. The Balaban J connectivity index is 1.21. The van der Waals surface area contributed by atoms with Crippen molar-refractivity contribution in [3.05, 3.63) is 35.5 Å². The Morgan fingerprint density at radius 2 is 2.03 bits per heavy atom. The second kappa shape index (κ2) is 7.26. The highest BCUT2D eigenvalue weighted by Crippen LogP contribution is 2.39. The van der Waals surface area contributed by atoms with E-state index in [2.05, 4.69) is 27.3 Å². The quantitative estimate of drug-likeness (QED) is 0.776. The van der Waals surface area contributed by atoms with Crippen molar-refractivity contribution in [2.45, 2.75) is 44.6 Å². The molecule has 152 valence electrons. The summed E-state index contributed by atoms with van der Waals surface area (Å²) in [6.07, 6.45) is 3.87. The molecule has 29 heavy (non-hydrogen) atoms. The van der Waals surface area contributed by atoms with Gasteiger partial charge in [-0.1, -0.05) is 5.16 Å². The second-order valence-corrected chi connectivity index (χ2v) is 8.16. The van der Waals surface area contributed by atoms with Crippen LogP contribution in [-0.2, 0) is 4.79 Å². The largest absolute Gasteiger partial charge is 0.482 e. The number of Topliss-reactive ketones (excluding diaryl/α,β-unsaturated/α-hetero) is 1. The van der Waals surface area contributed by atoms with Gasteiger partial charge < -0.3 is 14.6 Å². The molecule has 0 radical (unpaired) electrons. The van der Waals surface area contributed by atoms with Crippen LogP contribution in [0, 0.1) is 5.92 Å². The normalized spacial score (nSPS) is 21.2. The number of ether oxygens (including phenoxy) is 1. The van der Waals surface area contributed by atoms with E-state index in [0.717, 1.165) is 44.6 Å². The van der Waals surface area contributed by atoms with E-state index in [4.69, 9.17) is 9.26 Å². The summed E-state index contributed by atoms with van der Waals surface area (Å²) in [7, 11) is 0. The molecule has 8 heteroatoms. The van der Waals surface area contributed by atoms with E-state index in [9.17, 15) is 9.59 Å². The zero-order valence-electron chi connectivity index (χ0n) is 16.4. The molecule has 0 bridgehead atoms. The minimum absolute atomic E-state index is 0.0130. The van der Waals surface area contributed by atoms with Gasteiger partial charge in [0.1, 0.15) is 5.75 Å². The van der Waals surface area contributed by atoms with Crippen molar-refractivity contribution in [1.29, 1.82) is 0 Å². The number of hydrogen-bond donors (Lipinski definition) is 1. The van der Waals surface area contributed by atoms with E-state index >= 15 is 0 Å². The summed E-state index contributed by atoms with van der Waals surface area (Å²) >= 11 is 0. The first-order valence-electron chi connectivity index (χ1n) is 10.3. The van der Waals surface area contributed by atoms with Gasteiger partial charge in [-0.2, -0.15) is 4.98 Å². The fourth-order valence-corrected chi connectivity index (χ4v) is 4.10.